The molecule has 0 N–H and O–H groups in total. The maximum atomic E-state index is 13.0. The summed E-state index contributed by atoms with van der Waals surface area (Å²) in [5, 5.41) is 1.37. The number of anilines is 1. The van der Waals surface area contributed by atoms with E-state index in [0.717, 1.165) is 30.5 Å². The van der Waals surface area contributed by atoms with Gasteiger partial charge >= 0.3 is 0 Å². The lowest BCUT2D eigenvalue weighted by molar-refractivity contribution is -0.119. The molecule has 0 spiro atoms. The Labute approximate surface area is 174 Å². The summed E-state index contributed by atoms with van der Waals surface area (Å²) in [6.07, 6.45) is 3.08. The summed E-state index contributed by atoms with van der Waals surface area (Å²) in [5.41, 5.74) is 3.09. The highest BCUT2D eigenvalue weighted by Gasteiger charge is 2.33. The van der Waals surface area contributed by atoms with Crippen LogP contribution in [0.5, 0.6) is 0 Å². The molecule has 2 aromatic rings. The number of hydrogen-bond donors (Lipinski definition) is 0. The monoisotopic (exact) mass is 406 g/mol. The van der Waals surface area contributed by atoms with E-state index >= 15 is 0 Å². The van der Waals surface area contributed by atoms with Crippen molar-refractivity contribution in [2.75, 3.05) is 18.0 Å². The summed E-state index contributed by atoms with van der Waals surface area (Å²) in [6.45, 7) is 8.34. The van der Waals surface area contributed by atoms with Crippen LogP contribution in [0.15, 0.2) is 48.5 Å². The molecule has 2 aliphatic heterocycles. The van der Waals surface area contributed by atoms with Crippen LogP contribution in [-0.4, -0.2) is 43.9 Å². The fourth-order valence-corrected chi connectivity index (χ4v) is 5.64. The quantitative estimate of drug-likeness (QED) is 0.727. The average Bonchev–Trinajstić information content (AvgIpc) is 2.73. The van der Waals surface area contributed by atoms with Crippen LogP contribution in [0.3, 0.4) is 0 Å². The third-order valence-corrected chi connectivity index (χ3v) is 8.31. The molecule has 0 atom stereocenters. The van der Waals surface area contributed by atoms with E-state index in [1.807, 2.05) is 34.1 Å². The lowest BCUT2D eigenvalue weighted by Gasteiger charge is -2.41. The molecule has 29 heavy (non-hydrogen) atoms. The summed E-state index contributed by atoms with van der Waals surface area (Å²) in [7, 11) is -1.36. The first kappa shape index (κ1) is 19.9. The van der Waals surface area contributed by atoms with E-state index in [9.17, 15) is 9.59 Å². The predicted molar refractivity (Wildman–Crippen MR) is 121 cm³/mol. The Kier molecular flexibility index (Phi) is 5.34. The molecule has 2 amide bonds. The number of piperidine rings is 1. The summed E-state index contributed by atoms with van der Waals surface area (Å²) in [6, 6.07) is 16.6. The number of aryl methyl sites for hydroxylation is 1. The second-order valence-electron chi connectivity index (χ2n) is 9.24. The molecule has 2 aromatic carbocycles. The van der Waals surface area contributed by atoms with Gasteiger partial charge in [-0.25, -0.2) is 0 Å². The van der Waals surface area contributed by atoms with Crippen molar-refractivity contribution in [3.05, 3.63) is 59.7 Å². The number of fused-ring (bicyclic) bond motifs is 1. The first-order valence-corrected chi connectivity index (χ1v) is 14.1. The second-order valence-corrected chi connectivity index (χ2v) is 14.3. The van der Waals surface area contributed by atoms with Crippen molar-refractivity contribution in [3.8, 4) is 0 Å². The van der Waals surface area contributed by atoms with E-state index in [1.54, 1.807) is 0 Å². The van der Waals surface area contributed by atoms with Crippen LogP contribution in [0.4, 0.5) is 5.69 Å². The molecular weight excluding hydrogens is 376 g/mol. The van der Waals surface area contributed by atoms with Crippen LogP contribution in [0.2, 0.25) is 19.6 Å². The molecular formula is C24H30N2O2Si. The van der Waals surface area contributed by atoms with Crippen molar-refractivity contribution in [1.82, 2.24) is 4.90 Å². The molecule has 0 aromatic heterocycles. The predicted octanol–water partition coefficient (Wildman–Crippen LogP) is 3.82. The van der Waals surface area contributed by atoms with Crippen LogP contribution in [0.25, 0.3) is 0 Å². The minimum absolute atomic E-state index is 0.107. The van der Waals surface area contributed by atoms with Crippen LogP contribution >= 0.6 is 0 Å². The Morgan fingerprint density at radius 2 is 1.59 bits per heavy atom. The molecule has 4 nitrogen and oxygen atoms in total. The number of hydrogen-bond acceptors (Lipinski definition) is 2. The van der Waals surface area contributed by atoms with Crippen molar-refractivity contribution >= 4 is 30.8 Å². The normalized spacial score (nSPS) is 18.0. The van der Waals surface area contributed by atoms with E-state index in [-0.39, 0.29) is 17.9 Å². The lowest BCUT2D eigenvalue weighted by atomic mass is 9.95. The van der Waals surface area contributed by atoms with Gasteiger partial charge in [0.15, 0.2) is 0 Å². The topological polar surface area (TPSA) is 40.6 Å². The Hall–Kier alpha value is -2.40. The van der Waals surface area contributed by atoms with Gasteiger partial charge in [-0.2, -0.15) is 0 Å². The zero-order valence-electron chi connectivity index (χ0n) is 17.6. The second kappa shape index (κ2) is 7.79. The number of benzene rings is 2. The fourth-order valence-electron chi connectivity index (χ4n) is 4.48. The van der Waals surface area contributed by atoms with Crippen molar-refractivity contribution in [1.29, 1.82) is 0 Å². The van der Waals surface area contributed by atoms with Crippen LogP contribution < -0.4 is 10.1 Å². The third-order valence-electron chi connectivity index (χ3n) is 6.24. The van der Waals surface area contributed by atoms with Gasteiger partial charge in [0.25, 0.3) is 5.91 Å². The summed E-state index contributed by atoms with van der Waals surface area (Å²) < 4.78 is 0. The van der Waals surface area contributed by atoms with Gasteiger partial charge in [-0.05, 0) is 43.0 Å². The molecule has 2 aliphatic rings. The van der Waals surface area contributed by atoms with E-state index in [1.165, 1.54) is 10.8 Å². The highest BCUT2D eigenvalue weighted by atomic mass is 28.3. The molecule has 1 fully saturated rings. The van der Waals surface area contributed by atoms with Crippen LogP contribution in [0.1, 0.15) is 35.2 Å². The van der Waals surface area contributed by atoms with Gasteiger partial charge in [-0.3, -0.25) is 9.59 Å². The zero-order valence-corrected chi connectivity index (χ0v) is 18.6. The van der Waals surface area contributed by atoms with E-state index in [0.29, 0.717) is 19.5 Å². The lowest BCUT2D eigenvalue weighted by Crippen LogP contribution is -2.50. The number of para-hydroxylation sites is 1. The largest absolute Gasteiger partial charge is 0.338 e. The first-order chi connectivity index (χ1) is 13.8. The summed E-state index contributed by atoms with van der Waals surface area (Å²) in [5.74, 6) is 0.325. The molecule has 0 radical (unpaired) electrons. The minimum atomic E-state index is -1.36. The van der Waals surface area contributed by atoms with E-state index < -0.39 is 8.07 Å². The van der Waals surface area contributed by atoms with Crippen molar-refractivity contribution in [2.24, 2.45) is 0 Å². The maximum absolute atomic E-state index is 13.0. The number of carbonyl (C=O) groups excluding carboxylic acids is 2. The molecule has 0 saturated carbocycles. The Bertz CT molecular complexity index is 909. The van der Waals surface area contributed by atoms with Gasteiger partial charge in [0.05, 0.1) is 8.07 Å². The van der Waals surface area contributed by atoms with Crippen molar-refractivity contribution in [2.45, 2.75) is 51.4 Å². The van der Waals surface area contributed by atoms with Crippen molar-refractivity contribution in [3.63, 3.8) is 0 Å². The maximum Gasteiger partial charge on any atom is 0.253 e. The smallest absolute Gasteiger partial charge is 0.253 e. The molecule has 0 bridgehead atoms. The molecule has 0 unspecified atom stereocenters. The molecule has 0 aliphatic carbocycles. The number of rotatable bonds is 3. The third kappa shape index (κ3) is 4.01. The fraction of sp³-hybridized carbons (Fsp3) is 0.417. The highest BCUT2D eigenvalue weighted by Crippen LogP contribution is 2.32. The van der Waals surface area contributed by atoms with Gasteiger partial charge in [-0.1, -0.05) is 55.2 Å². The SMILES string of the molecule is C[Si](C)(C)c1ccc(C(=O)N2CCC(N3C(=O)CCc4ccccc43)CC2)cc1. The molecule has 2 heterocycles. The van der Waals surface area contributed by atoms with Gasteiger partial charge in [-0.15, -0.1) is 0 Å². The standard InChI is InChI=1S/C24H30N2O2Si/c1-29(2,3)21-11-8-19(9-12-21)24(28)25-16-14-20(15-17-25)26-22-7-5-4-6-18(22)10-13-23(26)27/h4-9,11-12,20H,10,13-17H2,1-3H3. The van der Waals surface area contributed by atoms with Gasteiger partial charge in [0, 0.05) is 36.8 Å². The number of likely N-dealkylation sites (tertiary alicyclic amines) is 1. The Morgan fingerprint density at radius 3 is 2.24 bits per heavy atom. The first-order valence-electron chi connectivity index (χ1n) is 10.6. The van der Waals surface area contributed by atoms with Crippen LogP contribution in [-0.2, 0) is 11.2 Å². The minimum Gasteiger partial charge on any atom is -0.338 e. The van der Waals surface area contributed by atoms with Gasteiger partial charge in [0.1, 0.15) is 0 Å². The van der Waals surface area contributed by atoms with Crippen LogP contribution in [0, 0.1) is 0 Å². The molecule has 152 valence electrons. The molecule has 5 heteroatoms. The summed E-state index contributed by atoms with van der Waals surface area (Å²) in [4.78, 5) is 29.6. The number of amides is 2. The number of nitrogens with zero attached hydrogens (tertiary/aromatic N) is 2. The molecule has 4 rings (SSSR count). The number of carbonyl (C=O) groups is 2. The summed E-state index contributed by atoms with van der Waals surface area (Å²) >= 11 is 0. The Morgan fingerprint density at radius 1 is 0.931 bits per heavy atom. The van der Waals surface area contributed by atoms with Gasteiger partial charge < -0.3 is 9.80 Å². The van der Waals surface area contributed by atoms with E-state index in [4.69, 9.17) is 0 Å². The average molecular weight is 407 g/mol. The highest BCUT2D eigenvalue weighted by molar-refractivity contribution is 6.88. The Balaban J connectivity index is 1.43. The molecule has 1 saturated heterocycles. The van der Waals surface area contributed by atoms with Gasteiger partial charge in [0.2, 0.25) is 5.91 Å². The van der Waals surface area contributed by atoms with Crippen molar-refractivity contribution < 1.29 is 9.59 Å². The zero-order chi connectivity index (χ0) is 20.6. The van der Waals surface area contributed by atoms with E-state index in [2.05, 4.69) is 43.9 Å².